The quantitative estimate of drug-likeness (QED) is 0.169. The fourth-order valence-corrected chi connectivity index (χ4v) is 9.12. The van der Waals surface area contributed by atoms with E-state index in [0.717, 1.165) is 61.0 Å². The lowest BCUT2D eigenvalue weighted by Crippen LogP contribution is -2.10. The first kappa shape index (κ1) is 33.3. The van der Waals surface area contributed by atoms with Crippen LogP contribution in [0.25, 0.3) is 93.2 Å². The van der Waals surface area contributed by atoms with Crippen LogP contribution in [0.4, 0.5) is 17.1 Å². The third-order valence-electron chi connectivity index (χ3n) is 12.0. The largest absolute Gasteiger partial charge is 0.455 e. The summed E-state index contributed by atoms with van der Waals surface area (Å²) in [6, 6.07) is 78.7. The van der Waals surface area contributed by atoms with E-state index in [-0.39, 0.29) is 0 Å². The molecule has 59 heavy (non-hydrogen) atoms. The van der Waals surface area contributed by atoms with Crippen LogP contribution in [0.15, 0.2) is 223 Å². The molecule has 2 aromatic heterocycles. The summed E-state index contributed by atoms with van der Waals surface area (Å²) in [6.45, 7) is 0. The van der Waals surface area contributed by atoms with E-state index in [1.165, 1.54) is 49.3 Å². The maximum atomic E-state index is 6.53. The summed E-state index contributed by atoms with van der Waals surface area (Å²) in [7, 11) is 0. The van der Waals surface area contributed by atoms with Crippen molar-refractivity contribution in [2.75, 3.05) is 4.90 Å². The molecule has 3 nitrogen and oxygen atoms in total. The number of aromatic nitrogens is 1. The molecule has 12 aromatic rings. The SMILES string of the molecule is c1ccc(-c2ccc(N(c3ccc(-c4ccc5c(c4)c4cc6ccc7c8ccccc8oc7c6cc4n5-c4ccccc4)cc3)c3cccc4ccccc34)cc2)cc1. The van der Waals surface area contributed by atoms with Crippen molar-refractivity contribution in [1.82, 2.24) is 4.57 Å². The molecule has 0 spiro atoms. The van der Waals surface area contributed by atoms with Gasteiger partial charge in [0.2, 0.25) is 0 Å². The highest BCUT2D eigenvalue weighted by Gasteiger charge is 2.19. The number of nitrogens with zero attached hydrogens (tertiary/aromatic N) is 2. The second-order valence-corrected chi connectivity index (χ2v) is 15.3. The molecule has 0 radical (unpaired) electrons. The molecular formula is C56H36N2O. The van der Waals surface area contributed by atoms with Gasteiger partial charge in [-0.2, -0.15) is 0 Å². The molecule has 0 unspecified atom stereocenters. The van der Waals surface area contributed by atoms with E-state index in [1.54, 1.807) is 0 Å². The minimum atomic E-state index is 0.913. The van der Waals surface area contributed by atoms with Gasteiger partial charge < -0.3 is 13.9 Å². The Morgan fingerprint density at radius 3 is 1.73 bits per heavy atom. The zero-order valence-corrected chi connectivity index (χ0v) is 32.1. The van der Waals surface area contributed by atoms with Crippen molar-refractivity contribution in [1.29, 1.82) is 0 Å². The second kappa shape index (κ2) is 13.4. The molecule has 10 aromatic carbocycles. The maximum Gasteiger partial charge on any atom is 0.143 e. The van der Waals surface area contributed by atoms with E-state index < -0.39 is 0 Å². The van der Waals surface area contributed by atoms with E-state index in [1.807, 2.05) is 6.07 Å². The van der Waals surface area contributed by atoms with E-state index in [9.17, 15) is 0 Å². The number of anilines is 3. The van der Waals surface area contributed by atoms with Crippen molar-refractivity contribution in [3.05, 3.63) is 218 Å². The fourth-order valence-electron chi connectivity index (χ4n) is 9.12. The first-order valence-electron chi connectivity index (χ1n) is 20.2. The summed E-state index contributed by atoms with van der Waals surface area (Å²) >= 11 is 0. The lowest BCUT2D eigenvalue weighted by atomic mass is 10.00. The predicted octanol–water partition coefficient (Wildman–Crippen LogP) is 15.8. The molecule has 276 valence electrons. The van der Waals surface area contributed by atoms with Crippen LogP contribution in [-0.2, 0) is 0 Å². The van der Waals surface area contributed by atoms with Gasteiger partial charge in [0, 0.05) is 49.4 Å². The highest BCUT2D eigenvalue weighted by atomic mass is 16.3. The van der Waals surface area contributed by atoms with Crippen molar-refractivity contribution in [2.45, 2.75) is 0 Å². The third-order valence-corrected chi connectivity index (χ3v) is 12.0. The Morgan fingerprint density at radius 2 is 0.949 bits per heavy atom. The average molecular weight is 753 g/mol. The van der Waals surface area contributed by atoms with Crippen molar-refractivity contribution in [3.8, 4) is 27.9 Å². The Kier molecular flexibility index (Phi) is 7.54. The highest BCUT2D eigenvalue weighted by molar-refractivity contribution is 6.21. The molecule has 0 N–H and O–H groups in total. The molecule has 12 rings (SSSR count). The molecule has 2 heterocycles. The van der Waals surface area contributed by atoms with Crippen LogP contribution >= 0.6 is 0 Å². The lowest BCUT2D eigenvalue weighted by molar-refractivity contribution is 0.672. The van der Waals surface area contributed by atoms with Gasteiger partial charge in [0.15, 0.2) is 0 Å². The van der Waals surface area contributed by atoms with E-state index in [2.05, 4.69) is 222 Å². The third kappa shape index (κ3) is 5.44. The van der Waals surface area contributed by atoms with Gasteiger partial charge in [0.05, 0.1) is 16.7 Å². The molecule has 0 bridgehead atoms. The Balaban J connectivity index is 0.996. The van der Waals surface area contributed by atoms with Crippen molar-refractivity contribution in [3.63, 3.8) is 0 Å². The van der Waals surface area contributed by atoms with Gasteiger partial charge in [-0.05, 0) is 112 Å². The molecule has 0 aliphatic rings. The number of para-hydroxylation sites is 2. The number of fused-ring (bicyclic) bond motifs is 9. The molecule has 0 atom stereocenters. The molecule has 0 aliphatic heterocycles. The Bertz CT molecular complexity index is 3520. The summed E-state index contributed by atoms with van der Waals surface area (Å²) in [6.07, 6.45) is 0. The number of furan rings is 1. The Labute approximate surface area is 341 Å². The minimum absolute atomic E-state index is 0.913. The standard InChI is InChI=1S/C56H36N2O/c1-3-12-37(13-4-1)38-22-28-44(29-23-38)57(52-20-11-15-40-14-7-8-18-46(40)52)45-30-24-39(25-31-45)41-27-33-53-50(34-41)51-35-42-26-32-48-47-19-9-10-21-55(47)59-56(48)49(42)36-54(51)58(53)43-16-5-2-6-17-43/h1-36H. The first-order chi connectivity index (χ1) is 29.2. The second-order valence-electron chi connectivity index (χ2n) is 15.3. The van der Waals surface area contributed by atoms with Gasteiger partial charge in [-0.15, -0.1) is 0 Å². The van der Waals surface area contributed by atoms with E-state index >= 15 is 0 Å². The first-order valence-corrected chi connectivity index (χ1v) is 20.2. The Morgan fingerprint density at radius 1 is 0.339 bits per heavy atom. The highest BCUT2D eigenvalue weighted by Crippen LogP contribution is 2.43. The smallest absolute Gasteiger partial charge is 0.143 e. The number of rotatable bonds is 6. The van der Waals surface area contributed by atoms with Crippen LogP contribution in [0.1, 0.15) is 0 Å². The number of benzene rings is 10. The summed E-state index contributed by atoms with van der Waals surface area (Å²) in [5, 5.41) is 9.42. The number of hydrogen-bond acceptors (Lipinski definition) is 2. The van der Waals surface area contributed by atoms with E-state index in [0.29, 0.717) is 0 Å². The maximum absolute atomic E-state index is 6.53. The fraction of sp³-hybridized carbons (Fsp3) is 0. The topological polar surface area (TPSA) is 21.3 Å². The molecule has 0 amide bonds. The summed E-state index contributed by atoms with van der Waals surface area (Å²) < 4.78 is 8.92. The minimum Gasteiger partial charge on any atom is -0.455 e. The van der Waals surface area contributed by atoms with Crippen LogP contribution < -0.4 is 4.90 Å². The number of hydrogen-bond donors (Lipinski definition) is 0. The summed E-state index contributed by atoms with van der Waals surface area (Å²) in [5.74, 6) is 0. The van der Waals surface area contributed by atoms with Crippen LogP contribution in [0.3, 0.4) is 0 Å². The molecule has 0 saturated carbocycles. The molecule has 0 saturated heterocycles. The van der Waals surface area contributed by atoms with Crippen molar-refractivity contribution in [2.24, 2.45) is 0 Å². The van der Waals surface area contributed by atoms with Gasteiger partial charge in [-0.3, -0.25) is 0 Å². The van der Waals surface area contributed by atoms with Gasteiger partial charge in [0.1, 0.15) is 11.2 Å². The van der Waals surface area contributed by atoms with Crippen LogP contribution in [0.5, 0.6) is 0 Å². The average Bonchev–Trinajstić information content (AvgIpc) is 3.85. The van der Waals surface area contributed by atoms with Crippen LogP contribution in [-0.4, -0.2) is 4.57 Å². The van der Waals surface area contributed by atoms with Gasteiger partial charge in [-0.25, -0.2) is 0 Å². The summed E-state index contributed by atoms with van der Waals surface area (Å²) in [4.78, 5) is 2.38. The van der Waals surface area contributed by atoms with Crippen molar-refractivity contribution >= 4 is 82.4 Å². The predicted molar refractivity (Wildman–Crippen MR) is 249 cm³/mol. The zero-order valence-electron chi connectivity index (χ0n) is 32.1. The molecule has 0 aliphatic carbocycles. The van der Waals surface area contributed by atoms with Crippen LogP contribution in [0, 0.1) is 0 Å². The zero-order chi connectivity index (χ0) is 38.9. The lowest BCUT2D eigenvalue weighted by Gasteiger charge is -2.27. The molecular weight excluding hydrogens is 717 g/mol. The monoisotopic (exact) mass is 752 g/mol. The van der Waals surface area contributed by atoms with E-state index in [4.69, 9.17) is 4.42 Å². The summed E-state index contributed by atoms with van der Waals surface area (Å²) in [5.41, 5.74) is 13.4. The van der Waals surface area contributed by atoms with Crippen molar-refractivity contribution < 1.29 is 4.42 Å². The Hall–Kier alpha value is -7.88. The van der Waals surface area contributed by atoms with Gasteiger partial charge >= 0.3 is 0 Å². The van der Waals surface area contributed by atoms with Crippen LogP contribution in [0.2, 0.25) is 0 Å². The molecule has 0 fully saturated rings. The van der Waals surface area contributed by atoms with Gasteiger partial charge in [0.25, 0.3) is 0 Å². The normalized spacial score (nSPS) is 11.7. The van der Waals surface area contributed by atoms with Gasteiger partial charge in [-0.1, -0.05) is 140 Å². The molecule has 3 heteroatoms.